The molecule has 1 aromatic heterocycles. The van der Waals surface area contributed by atoms with E-state index < -0.39 is 5.91 Å². The van der Waals surface area contributed by atoms with Crippen LogP contribution in [0.3, 0.4) is 0 Å². The third-order valence-electron chi connectivity index (χ3n) is 4.94. The number of halogens is 1. The molecule has 0 saturated carbocycles. The number of carbonyl (C=O) groups excluding carboxylic acids is 1. The van der Waals surface area contributed by atoms with Gasteiger partial charge < -0.3 is 15.2 Å². The highest BCUT2D eigenvalue weighted by Crippen LogP contribution is 2.31. The van der Waals surface area contributed by atoms with Crippen LogP contribution in [0.1, 0.15) is 10.4 Å². The lowest BCUT2D eigenvalue weighted by Crippen LogP contribution is -2.11. The van der Waals surface area contributed by atoms with E-state index in [1.165, 1.54) is 0 Å². The van der Waals surface area contributed by atoms with E-state index in [4.69, 9.17) is 31.9 Å². The Morgan fingerprint density at radius 3 is 2.03 bits per heavy atom. The van der Waals surface area contributed by atoms with Gasteiger partial charge in [0.15, 0.2) is 0 Å². The van der Waals surface area contributed by atoms with Crippen molar-refractivity contribution in [1.29, 1.82) is 0 Å². The first-order chi connectivity index (χ1) is 15.0. The van der Waals surface area contributed by atoms with Gasteiger partial charge in [0.1, 0.15) is 11.5 Å². The van der Waals surface area contributed by atoms with Crippen molar-refractivity contribution in [1.82, 2.24) is 9.78 Å². The number of carbonyl (C=O) groups is 1. The molecule has 4 rings (SSSR count). The Kier molecular flexibility index (Phi) is 5.64. The molecule has 1 heterocycles. The fraction of sp³-hybridized carbons (Fsp3) is 0.0833. The summed E-state index contributed by atoms with van der Waals surface area (Å²) >= 11 is 6.11. The monoisotopic (exact) mass is 433 g/mol. The molecule has 1 amide bonds. The molecule has 0 radical (unpaired) electrons. The molecule has 0 aliphatic rings. The molecule has 0 bridgehead atoms. The van der Waals surface area contributed by atoms with Gasteiger partial charge in [-0.05, 0) is 66.7 Å². The van der Waals surface area contributed by atoms with E-state index in [9.17, 15) is 4.79 Å². The lowest BCUT2D eigenvalue weighted by atomic mass is 10.1. The van der Waals surface area contributed by atoms with Gasteiger partial charge in [-0.3, -0.25) is 4.79 Å². The van der Waals surface area contributed by atoms with Crippen molar-refractivity contribution in [2.24, 2.45) is 5.73 Å². The summed E-state index contributed by atoms with van der Waals surface area (Å²) in [4.78, 5) is 11.7. The van der Waals surface area contributed by atoms with E-state index in [0.29, 0.717) is 10.7 Å². The van der Waals surface area contributed by atoms with Crippen LogP contribution in [0, 0.1) is 0 Å². The first-order valence-corrected chi connectivity index (χ1v) is 9.86. The highest BCUT2D eigenvalue weighted by molar-refractivity contribution is 6.33. The van der Waals surface area contributed by atoms with Gasteiger partial charge in [0.05, 0.1) is 41.9 Å². The third kappa shape index (κ3) is 4.11. The lowest BCUT2D eigenvalue weighted by molar-refractivity contribution is 0.100. The van der Waals surface area contributed by atoms with E-state index in [2.05, 4.69) is 0 Å². The number of aromatic nitrogens is 2. The van der Waals surface area contributed by atoms with E-state index >= 15 is 0 Å². The van der Waals surface area contributed by atoms with Crippen LogP contribution in [0.25, 0.3) is 28.2 Å². The molecule has 3 aromatic carbocycles. The number of methoxy groups -OCH3 is 2. The molecule has 2 N–H and O–H groups in total. The predicted molar refractivity (Wildman–Crippen MR) is 121 cm³/mol. The molecule has 0 aliphatic carbocycles. The number of rotatable bonds is 6. The van der Waals surface area contributed by atoms with Crippen LogP contribution >= 0.6 is 11.6 Å². The van der Waals surface area contributed by atoms with Crippen molar-refractivity contribution in [3.63, 3.8) is 0 Å². The molecule has 0 aliphatic heterocycles. The summed E-state index contributed by atoms with van der Waals surface area (Å²) in [6.45, 7) is 0. The Morgan fingerprint density at radius 2 is 1.45 bits per heavy atom. The predicted octanol–water partition coefficient (Wildman–Crippen LogP) is 4.98. The minimum atomic E-state index is -0.586. The van der Waals surface area contributed by atoms with Gasteiger partial charge in [0.25, 0.3) is 0 Å². The number of ether oxygens (including phenoxy) is 2. The number of primary amides is 1. The van der Waals surface area contributed by atoms with Crippen molar-refractivity contribution in [3.8, 4) is 39.7 Å². The quantitative estimate of drug-likeness (QED) is 0.465. The van der Waals surface area contributed by atoms with Crippen LogP contribution in [0.4, 0.5) is 0 Å². The largest absolute Gasteiger partial charge is 0.497 e. The van der Waals surface area contributed by atoms with Gasteiger partial charge in [0.2, 0.25) is 5.91 Å². The van der Waals surface area contributed by atoms with Crippen LogP contribution in [0.15, 0.2) is 72.8 Å². The first kappa shape index (κ1) is 20.5. The Morgan fingerprint density at radius 1 is 0.871 bits per heavy atom. The van der Waals surface area contributed by atoms with Crippen LogP contribution in [0.5, 0.6) is 11.5 Å². The average molecular weight is 434 g/mol. The van der Waals surface area contributed by atoms with Crippen molar-refractivity contribution >= 4 is 17.5 Å². The molecule has 0 fully saturated rings. The summed E-state index contributed by atoms with van der Waals surface area (Å²) in [6.07, 6.45) is 0. The maximum Gasteiger partial charge on any atom is 0.250 e. The molecule has 7 heteroatoms. The highest BCUT2D eigenvalue weighted by atomic mass is 35.5. The molecule has 6 nitrogen and oxygen atoms in total. The zero-order chi connectivity index (χ0) is 22.0. The summed E-state index contributed by atoms with van der Waals surface area (Å²) in [7, 11) is 3.26. The molecular formula is C24H20ClN3O3. The second kappa shape index (κ2) is 8.53. The summed E-state index contributed by atoms with van der Waals surface area (Å²) in [5.41, 5.74) is 9.83. The van der Waals surface area contributed by atoms with Gasteiger partial charge in [-0.15, -0.1) is 0 Å². The van der Waals surface area contributed by atoms with Crippen molar-refractivity contribution in [2.45, 2.75) is 0 Å². The summed E-state index contributed by atoms with van der Waals surface area (Å²) in [6, 6.07) is 22.4. The fourth-order valence-corrected chi connectivity index (χ4v) is 3.49. The van der Waals surface area contributed by atoms with E-state index in [-0.39, 0.29) is 5.56 Å². The van der Waals surface area contributed by atoms with Gasteiger partial charge in [-0.1, -0.05) is 17.7 Å². The maximum absolute atomic E-state index is 11.7. The number of amides is 1. The van der Waals surface area contributed by atoms with E-state index in [1.807, 2.05) is 65.3 Å². The standard InChI is InChI=1S/C24H20ClN3O3/c1-30-18-8-3-15(4-9-18)23-14-22(16-5-12-21(25)20(13-16)24(26)29)27-28(23)17-6-10-19(31-2)11-7-17/h3-14H,1-2H3,(H2,26,29). The van der Waals surface area contributed by atoms with Crippen LogP contribution in [-0.2, 0) is 0 Å². The second-order valence-electron chi connectivity index (χ2n) is 6.81. The topological polar surface area (TPSA) is 79.4 Å². The number of nitrogens with zero attached hydrogens (tertiary/aromatic N) is 2. The van der Waals surface area contributed by atoms with Crippen molar-refractivity contribution in [3.05, 3.63) is 83.4 Å². The second-order valence-corrected chi connectivity index (χ2v) is 7.22. The first-order valence-electron chi connectivity index (χ1n) is 9.49. The molecule has 0 atom stereocenters. The van der Waals surface area contributed by atoms with Gasteiger partial charge in [-0.2, -0.15) is 5.10 Å². The summed E-state index contributed by atoms with van der Waals surface area (Å²) < 4.78 is 12.4. The van der Waals surface area contributed by atoms with Crippen molar-refractivity contribution in [2.75, 3.05) is 14.2 Å². The van der Waals surface area contributed by atoms with Crippen LogP contribution < -0.4 is 15.2 Å². The van der Waals surface area contributed by atoms with Gasteiger partial charge in [-0.25, -0.2) is 4.68 Å². The van der Waals surface area contributed by atoms with Gasteiger partial charge in [0, 0.05) is 11.1 Å². The molecule has 156 valence electrons. The summed E-state index contributed by atoms with van der Waals surface area (Å²) in [5.74, 6) is 0.936. The molecular weight excluding hydrogens is 414 g/mol. The molecule has 31 heavy (non-hydrogen) atoms. The normalized spacial score (nSPS) is 10.7. The van der Waals surface area contributed by atoms with Gasteiger partial charge >= 0.3 is 0 Å². The SMILES string of the molecule is COc1ccc(-c2cc(-c3ccc(Cl)c(C(N)=O)c3)nn2-c2ccc(OC)cc2)cc1. The molecule has 0 saturated heterocycles. The maximum atomic E-state index is 11.7. The Hall–Kier alpha value is -3.77. The van der Waals surface area contributed by atoms with Crippen molar-refractivity contribution < 1.29 is 14.3 Å². The third-order valence-corrected chi connectivity index (χ3v) is 5.27. The van der Waals surface area contributed by atoms with E-state index in [1.54, 1.807) is 26.4 Å². The number of hydrogen-bond donors (Lipinski definition) is 1. The molecule has 0 spiro atoms. The zero-order valence-electron chi connectivity index (χ0n) is 17.0. The smallest absolute Gasteiger partial charge is 0.250 e. The van der Waals surface area contributed by atoms with E-state index in [0.717, 1.165) is 34.0 Å². The number of nitrogens with two attached hydrogens (primary N) is 1. The minimum absolute atomic E-state index is 0.254. The number of benzene rings is 3. The summed E-state index contributed by atoms with van der Waals surface area (Å²) in [5, 5.41) is 5.11. The Balaban J connectivity index is 1.87. The van der Waals surface area contributed by atoms with Crippen LogP contribution in [0.2, 0.25) is 5.02 Å². The average Bonchev–Trinajstić information content (AvgIpc) is 3.24. The highest BCUT2D eigenvalue weighted by Gasteiger charge is 2.16. The zero-order valence-corrected chi connectivity index (χ0v) is 17.8. The molecule has 4 aromatic rings. The molecule has 0 unspecified atom stereocenters. The Bertz CT molecular complexity index is 1170. The minimum Gasteiger partial charge on any atom is -0.497 e. The lowest BCUT2D eigenvalue weighted by Gasteiger charge is -2.09. The number of hydrogen-bond acceptors (Lipinski definition) is 4. The Labute approximate surface area is 184 Å². The fourth-order valence-electron chi connectivity index (χ4n) is 3.28. The van der Waals surface area contributed by atoms with Crippen LogP contribution in [-0.4, -0.2) is 29.9 Å².